The van der Waals surface area contributed by atoms with Gasteiger partial charge in [0.15, 0.2) is 5.82 Å². The first kappa shape index (κ1) is 16.9. The summed E-state index contributed by atoms with van der Waals surface area (Å²) in [7, 11) is 1.53. The highest BCUT2D eigenvalue weighted by molar-refractivity contribution is 5.74. The van der Waals surface area contributed by atoms with E-state index in [4.69, 9.17) is 4.52 Å². The number of nitrogens with zero attached hydrogens (tertiary/aromatic N) is 3. The summed E-state index contributed by atoms with van der Waals surface area (Å²) >= 11 is 0. The third-order valence-corrected chi connectivity index (χ3v) is 3.17. The maximum atomic E-state index is 14.1. The lowest BCUT2D eigenvalue weighted by Crippen LogP contribution is -2.42. The number of hydrogen-bond acceptors (Lipinski definition) is 5. The summed E-state index contributed by atoms with van der Waals surface area (Å²) in [5, 5.41) is 15.8. The molecular weight excluding hydrogens is 303 g/mol. The average molecular weight is 322 g/mol. The molecule has 0 fully saturated rings. The normalized spacial score (nSPS) is 13.4. The first-order valence-corrected chi connectivity index (χ1v) is 7.12. The molecule has 0 saturated carbocycles. The van der Waals surface area contributed by atoms with Crippen LogP contribution in [0.1, 0.15) is 30.2 Å². The number of amides is 2. The number of aryl methyl sites for hydroxylation is 1. The Morgan fingerprint density at radius 3 is 2.74 bits per heavy atom. The van der Waals surface area contributed by atoms with Crippen LogP contribution in [-0.2, 0) is 0 Å². The quantitative estimate of drug-likeness (QED) is 0.873. The highest BCUT2D eigenvalue weighted by Crippen LogP contribution is 2.22. The Kier molecular flexibility index (Phi) is 5.28. The van der Waals surface area contributed by atoms with Gasteiger partial charge in [-0.05, 0) is 13.0 Å². The van der Waals surface area contributed by atoms with Gasteiger partial charge < -0.3 is 19.8 Å². The third-order valence-electron chi connectivity index (χ3n) is 3.17. The van der Waals surface area contributed by atoms with E-state index in [-0.39, 0.29) is 17.9 Å². The Labute approximate surface area is 133 Å². The number of benzene rings is 1. The number of nitrogens with one attached hydrogen (secondary N) is 1. The van der Waals surface area contributed by atoms with E-state index in [9.17, 15) is 14.3 Å². The number of rotatable bonds is 5. The van der Waals surface area contributed by atoms with Crippen LogP contribution in [0.5, 0.6) is 0 Å². The van der Waals surface area contributed by atoms with E-state index in [0.29, 0.717) is 5.89 Å². The van der Waals surface area contributed by atoms with Gasteiger partial charge in [-0.1, -0.05) is 23.4 Å². The molecule has 2 N–H and O–H groups in total. The zero-order chi connectivity index (χ0) is 17.0. The van der Waals surface area contributed by atoms with Gasteiger partial charge in [0, 0.05) is 26.1 Å². The van der Waals surface area contributed by atoms with Crippen LogP contribution >= 0.6 is 0 Å². The molecule has 0 bridgehead atoms. The molecule has 7 nitrogen and oxygen atoms in total. The summed E-state index contributed by atoms with van der Waals surface area (Å²) in [6.45, 7) is 3.32. The minimum absolute atomic E-state index is 0.140. The molecule has 0 saturated heterocycles. The number of carbonyl (C=O) groups excluding carboxylic acids is 1. The molecular formula is C15H19FN4O3. The topological polar surface area (TPSA) is 91.5 Å². The molecule has 1 heterocycles. The second-order valence-electron chi connectivity index (χ2n) is 5.31. The van der Waals surface area contributed by atoms with Gasteiger partial charge in [0.05, 0.1) is 6.10 Å². The molecule has 2 unspecified atom stereocenters. The van der Waals surface area contributed by atoms with Crippen molar-refractivity contribution in [1.29, 1.82) is 0 Å². The van der Waals surface area contributed by atoms with Gasteiger partial charge in [0.25, 0.3) is 0 Å². The van der Waals surface area contributed by atoms with Crippen molar-refractivity contribution in [3.8, 4) is 0 Å². The largest absolute Gasteiger partial charge is 0.392 e. The maximum absolute atomic E-state index is 14.1. The number of hydrogen-bond donors (Lipinski definition) is 2. The summed E-state index contributed by atoms with van der Waals surface area (Å²) in [5.41, 5.74) is 0.229. The first-order chi connectivity index (χ1) is 10.9. The lowest BCUT2D eigenvalue weighted by Gasteiger charge is -2.23. The Morgan fingerprint density at radius 2 is 2.17 bits per heavy atom. The SMILES string of the molecule is Cc1nc(C(NC(=O)N(C)CC(C)O)c2ccccc2F)no1. The second kappa shape index (κ2) is 7.19. The maximum Gasteiger partial charge on any atom is 0.318 e. The molecule has 8 heteroatoms. The van der Waals surface area contributed by atoms with E-state index in [2.05, 4.69) is 15.5 Å². The van der Waals surface area contributed by atoms with E-state index < -0.39 is 24.0 Å². The smallest absolute Gasteiger partial charge is 0.318 e. The highest BCUT2D eigenvalue weighted by atomic mass is 19.1. The van der Waals surface area contributed by atoms with Crippen molar-refractivity contribution in [2.24, 2.45) is 0 Å². The fourth-order valence-corrected chi connectivity index (χ4v) is 2.14. The van der Waals surface area contributed by atoms with Crippen molar-refractivity contribution in [2.75, 3.05) is 13.6 Å². The van der Waals surface area contributed by atoms with Crippen molar-refractivity contribution in [3.05, 3.63) is 47.4 Å². The number of urea groups is 1. The summed E-state index contributed by atoms with van der Waals surface area (Å²) in [6, 6.07) is 4.67. The van der Waals surface area contributed by atoms with E-state index >= 15 is 0 Å². The molecule has 1 aromatic heterocycles. The average Bonchev–Trinajstić information content (AvgIpc) is 2.91. The van der Waals surface area contributed by atoms with Crippen LogP contribution in [0.25, 0.3) is 0 Å². The van der Waals surface area contributed by atoms with E-state index in [1.54, 1.807) is 32.0 Å². The fraction of sp³-hybridized carbons (Fsp3) is 0.400. The number of carbonyl (C=O) groups is 1. The Bertz CT molecular complexity index is 674. The van der Waals surface area contributed by atoms with Crippen LogP contribution in [0.3, 0.4) is 0 Å². The summed E-state index contributed by atoms with van der Waals surface area (Å²) < 4.78 is 19.0. The summed E-state index contributed by atoms with van der Waals surface area (Å²) in [6.07, 6.45) is -0.676. The van der Waals surface area contributed by atoms with Gasteiger partial charge in [-0.25, -0.2) is 9.18 Å². The molecule has 2 aromatic rings. The van der Waals surface area contributed by atoms with Crippen molar-refractivity contribution in [1.82, 2.24) is 20.4 Å². The lowest BCUT2D eigenvalue weighted by molar-refractivity contribution is 0.142. The molecule has 0 radical (unpaired) electrons. The van der Waals surface area contributed by atoms with Crippen LogP contribution in [0, 0.1) is 12.7 Å². The fourth-order valence-electron chi connectivity index (χ4n) is 2.14. The van der Waals surface area contributed by atoms with Gasteiger partial charge in [-0.3, -0.25) is 0 Å². The van der Waals surface area contributed by atoms with Crippen molar-refractivity contribution in [2.45, 2.75) is 26.0 Å². The predicted octanol–water partition coefficient (Wildman–Crippen LogP) is 1.63. The Morgan fingerprint density at radius 1 is 1.48 bits per heavy atom. The molecule has 0 aliphatic carbocycles. The van der Waals surface area contributed by atoms with Gasteiger partial charge in [0.1, 0.15) is 11.9 Å². The van der Waals surface area contributed by atoms with Gasteiger partial charge >= 0.3 is 6.03 Å². The van der Waals surface area contributed by atoms with Crippen LogP contribution in [0.2, 0.25) is 0 Å². The van der Waals surface area contributed by atoms with Gasteiger partial charge in [0.2, 0.25) is 5.89 Å². The molecule has 124 valence electrons. The van der Waals surface area contributed by atoms with Crippen LogP contribution < -0.4 is 5.32 Å². The number of aliphatic hydroxyl groups excluding tert-OH is 1. The first-order valence-electron chi connectivity index (χ1n) is 7.12. The Hall–Kier alpha value is -2.48. The zero-order valence-electron chi connectivity index (χ0n) is 13.2. The second-order valence-corrected chi connectivity index (χ2v) is 5.31. The molecule has 0 aliphatic rings. The minimum atomic E-state index is -0.891. The number of likely N-dealkylation sites (N-methyl/N-ethyl adjacent to an activating group) is 1. The van der Waals surface area contributed by atoms with Crippen molar-refractivity contribution >= 4 is 6.03 Å². The number of aliphatic hydroxyl groups is 1. The molecule has 1 aromatic carbocycles. The Balaban J connectivity index is 2.28. The standard InChI is InChI=1S/C15H19FN4O3/c1-9(21)8-20(3)15(22)18-13(14-17-10(2)23-19-14)11-6-4-5-7-12(11)16/h4-7,9,13,21H,8H2,1-3H3,(H,18,22). The zero-order valence-corrected chi connectivity index (χ0v) is 13.2. The van der Waals surface area contributed by atoms with E-state index in [1.165, 1.54) is 18.0 Å². The van der Waals surface area contributed by atoms with Crippen molar-refractivity contribution < 1.29 is 18.8 Å². The molecule has 2 amide bonds. The van der Waals surface area contributed by atoms with E-state index in [1.807, 2.05) is 0 Å². The van der Waals surface area contributed by atoms with Crippen molar-refractivity contribution in [3.63, 3.8) is 0 Å². The van der Waals surface area contributed by atoms with Crippen LogP contribution in [-0.4, -0.2) is 45.9 Å². The lowest BCUT2D eigenvalue weighted by atomic mass is 10.1. The minimum Gasteiger partial charge on any atom is -0.392 e. The van der Waals surface area contributed by atoms with Gasteiger partial charge in [-0.15, -0.1) is 0 Å². The number of halogens is 1. The molecule has 0 aliphatic heterocycles. The molecule has 2 rings (SSSR count). The highest BCUT2D eigenvalue weighted by Gasteiger charge is 2.26. The molecule has 0 spiro atoms. The number of aromatic nitrogens is 2. The van der Waals surface area contributed by atoms with E-state index in [0.717, 1.165) is 0 Å². The van der Waals surface area contributed by atoms with Crippen LogP contribution in [0.15, 0.2) is 28.8 Å². The third kappa shape index (κ3) is 4.26. The summed E-state index contributed by atoms with van der Waals surface area (Å²) in [5.74, 6) is -0.0160. The molecule has 23 heavy (non-hydrogen) atoms. The summed E-state index contributed by atoms with van der Waals surface area (Å²) in [4.78, 5) is 17.6. The predicted molar refractivity (Wildman–Crippen MR) is 80.1 cm³/mol. The van der Waals surface area contributed by atoms with Gasteiger partial charge in [-0.2, -0.15) is 4.98 Å². The van der Waals surface area contributed by atoms with Crippen LogP contribution in [0.4, 0.5) is 9.18 Å². The monoisotopic (exact) mass is 322 g/mol. The molecule has 2 atom stereocenters.